The highest BCUT2D eigenvalue weighted by atomic mass is 19.4. The summed E-state index contributed by atoms with van der Waals surface area (Å²) in [5.41, 5.74) is -0.339. The topological polar surface area (TPSA) is 55.1 Å². The molecule has 0 atom stereocenters. The van der Waals surface area contributed by atoms with Gasteiger partial charge in [-0.1, -0.05) is 6.07 Å². The quantitative estimate of drug-likeness (QED) is 0.751. The Morgan fingerprint density at radius 1 is 1.00 bits per heavy atom. The minimum Gasteiger partial charge on any atom is -0.364 e. The van der Waals surface area contributed by atoms with Gasteiger partial charge in [0.05, 0.1) is 0 Å². The highest BCUT2D eigenvalue weighted by Crippen LogP contribution is 2.27. The number of alkyl halides is 3. The number of fused-ring (bicyclic) bond motifs is 1. The maximum absolute atomic E-state index is 13.5. The van der Waals surface area contributed by atoms with Gasteiger partial charge in [-0.25, -0.2) is 8.78 Å². The Morgan fingerprint density at radius 3 is 2.35 bits per heavy atom. The molecule has 0 aliphatic carbocycles. The SMILES string of the molecule is Fc1cccc(F)c1CNc1ccc2nnc(C(F)(F)F)n2n1. The number of benzene rings is 1. The van der Waals surface area contributed by atoms with Crippen molar-refractivity contribution in [3.63, 3.8) is 0 Å². The first-order chi connectivity index (χ1) is 10.9. The second-order valence-corrected chi connectivity index (χ2v) is 4.56. The maximum atomic E-state index is 13.5. The molecule has 2 aromatic heterocycles. The molecule has 0 amide bonds. The lowest BCUT2D eigenvalue weighted by molar-refractivity contribution is -0.146. The minimum atomic E-state index is -4.72. The monoisotopic (exact) mass is 329 g/mol. The first kappa shape index (κ1) is 15.1. The fraction of sp³-hybridized carbons (Fsp3) is 0.154. The average Bonchev–Trinajstić information content (AvgIpc) is 2.90. The molecule has 5 nitrogen and oxygen atoms in total. The molecule has 0 radical (unpaired) electrons. The third kappa shape index (κ3) is 2.91. The van der Waals surface area contributed by atoms with Gasteiger partial charge in [-0.3, -0.25) is 0 Å². The van der Waals surface area contributed by atoms with Crippen LogP contribution in [0.1, 0.15) is 11.4 Å². The van der Waals surface area contributed by atoms with E-state index >= 15 is 0 Å². The summed E-state index contributed by atoms with van der Waals surface area (Å²) in [5, 5.41) is 12.6. The van der Waals surface area contributed by atoms with Crippen molar-refractivity contribution in [2.45, 2.75) is 12.7 Å². The third-order valence-electron chi connectivity index (χ3n) is 3.02. The third-order valence-corrected chi connectivity index (χ3v) is 3.02. The molecule has 3 aromatic rings. The predicted octanol–water partition coefficient (Wildman–Crippen LogP) is 3.03. The molecular formula is C13H8F5N5. The molecule has 0 saturated carbocycles. The standard InChI is InChI=1S/C13H8F5N5/c14-8-2-1-3-9(15)7(8)6-19-10-4-5-11-20-21-12(13(16,17)18)23(11)22-10/h1-5H,6H2,(H,19,22). The number of halogens is 5. The van der Waals surface area contributed by atoms with Crippen LogP contribution in [0.2, 0.25) is 0 Å². The van der Waals surface area contributed by atoms with Crippen molar-refractivity contribution >= 4 is 11.5 Å². The molecule has 0 bridgehead atoms. The molecule has 1 aromatic carbocycles. The molecule has 0 fully saturated rings. The molecule has 3 rings (SSSR count). The largest absolute Gasteiger partial charge is 0.453 e. The fourth-order valence-corrected chi connectivity index (χ4v) is 1.94. The van der Waals surface area contributed by atoms with Gasteiger partial charge >= 0.3 is 6.18 Å². The Labute approximate surface area is 125 Å². The maximum Gasteiger partial charge on any atom is 0.453 e. The molecule has 120 valence electrons. The Bertz CT molecular complexity index is 837. The zero-order valence-electron chi connectivity index (χ0n) is 11.3. The lowest BCUT2D eigenvalue weighted by Crippen LogP contribution is -2.14. The van der Waals surface area contributed by atoms with Crippen LogP contribution < -0.4 is 5.32 Å². The van der Waals surface area contributed by atoms with E-state index < -0.39 is 23.6 Å². The van der Waals surface area contributed by atoms with Crippen LogP contribution in [0.5, 0.6) is 0 Å². The predicted molar refractivity (Wildman–Crippen MR) is 69.5 cm³/mol. The van der Waals surface area contributed by atoms with E-state index in [0.29, 0.717) is 4.52 Å². The highest BCUT2D eigenvalue weighted by molar-refractivity contribution is 5.44. The van der Waals surface area contributed by atoms with Gasteiger partial charge < -0.3 is 5.32 Å². The Kier molecular flexibility index (Phi) is 3.58. The van der Waals surface area contributed by atoms with E-state index in [2.05, 4.69) is 20.6 Å². The van der Waals surface area contributed by atoms with Gasteiger partial charge in [-0.2, -0.15) is 17.7 Å². The van der Waals surface area contributed by atoms with Crippen LogP contribution in [0.25, 0.3) is 5.65 Å². The zero-order valence-corrected chi connectivity index (χ0v) is 11.3. The normalized spacial score (nSPS) is 11.9. The van der Waals surface area contributed by atoms with Crippen LogP contribution >= 0.6 is 0 Å². The van der Waals surface area contributed by atoms with Crippen LogP contribution in [-0.4, -0.2) is 19.8 Å². The van der Waals surface area contributed by atoms with Crippen LogP contribution in [0, 0.1) is 11.6 Å². The summed E-state index contributed by atoms with van der Waals surface area (Å²) in [7, 11) is 0. The van der Waals surface area contributed by atoms with Gasteiger partial charge in [-0.15, -0.1) is 15.3 Å². The van der Waals surface area contributed by atoms with Gasteiger partial charge in [0.15, 0.2) is 5.65 Å². The molecule has 23 heavy (non-hydrogen) atoms. The number of aromatic nitrogens is 4. The van der Waals surface area contributed by atoms with Crippen molar-refractivity contribution in [2.24, 2.45) is 0 Å². The zero-order chi connectivity index (χ0) is 16.6. The molecule has 0 unspecified atom stereocenters. The lowest BCUT2D eigenvalue weighted by Gasteiger charge is -2.08. The average molecular weight is 329 g/mol. The first-order valence-electron chi connectivity index (χ1n) is 6.32. The molecule has 2 heterocycles. The molecule has 0 spiro atoms. The molecule has 10 heteroatoms. The summed E-state index contributed by atoms with van der Waals surface area (Å²) in [5.74, 6) is -2.82. The lowest BCUT2D eigenvalue weighted by atomic mass is 10.2. The number of nitrogens with one attached hydrogen (secondary N) is 1. The number of hydrogen-bond donors (Lipinski definition) is 1. The van der Waals surface area contributed by atoms with E-state index in [-0.39, 0.29) is 23.6 Å². The van der Waals surface area contributed by atoms with Crippen molar-refractivity contribution in [2.75, 3.05) is 5.32 Å². The van der Waals surface area contributed by atoms with Crippen molar-refractivity contribution in [1.29, 1.82) is 0 Å². The number of nitrogens with zero attached hydrogens (tertiary/aromatic N) is 4. The summed E-state index contributed by atoms with van der Waals surface area (Å²) in [6.45, 7) is -0.277. The molecule has 1 N–H and O–H groups in total. The summed E-state index contributed by atoms with van der Waals surface area (Å²) in [6.07, 6.45) is -4.72. The fourth-order valence-electron chi connectivity index (χ4n) is 1.94. The molecule has 0 saturated heterocycles. The van der Waals surface area contributed by atoms with Gasteiger partial charge in [-0.05, 0) is 24.3 Å². The molecular weight excluding hydrogens is 321 g/mol. The van der Waals surface area contributed by atoms with E-state index in [1.165, 1.54) is 18.2 Å². The Balaban J connectivity index is 1.89. The Morgan fingerprint density at radius 2 is 1.70 bits per heavy atom. The van der Waals surface area contributed by atoms with E-state index in [1.54, 1.807) is 0 Å². The summed E-state index contributed by atoms with van der Waals surface area (Å²) < 4.78 is 65.8. The smallest absolute Gasteiger partial charge is 0.364 e. The van der Waals surface area contributed by atoms with Gasteiger partial charge in [0.1, 0.15) is 17.5 Å². The number of hydrogen-bond acceptors (Lipinski definition) is 4. The van der Waals surface area contributed by atoms with E-state index in [1.807, 2.05) is 0 Å². The minimum absolute atomic E-state index is 0.00884. The van der Waals surface area contributed by atoms with Crippen LogP contribution in [-0.2, 0) is 12.7 Å². The molecule has 0 aliphatic rings. The summed E-state index contributed by atoms with van der Waals surface area (Å²) in [6, 6.07) is 5.97. The highest BCUT2D eigenvalue weighted by Gasteiger charge is 2.37. The second-order valence-electron chi connectivity index (χ2n) is 4.56. The van der Waals surface area contributed by atoms with E-state index in [4.69, 9.17) is 0 Å². The summed E-state index contributed by atoms with van der Waals surface area (Å²) >= 11 is 0. The summed E-state index contributed by atoms with van der Waals surface area (Å²) in [4.78, 5) is 0. The number of anilines is 1. The van der Waals surface area contributed by atoms with Crippen molar-refractivity contribution in [3.05, 3.63) is 53.4 Å². The van der Waals surface area contributed by atoms with Crippen LogP contribution in [0.4, 0.5) is 27.8 Å². The van der Waals surface area contributed by atoms with E-state index in [0.717, 1.165) is 12.1 Å². The van der Waals surface area contributed by atoms with Crippen LogP contribution in [0.3, 0.4) is 0 Å². The van der Waals surface area contributed by atoms with Crippen molar-refractivity contribution < 1.29 is 22.0 Å². The number of rotatable bonds is 3. The van der Waals surface area contributed by atoms with Gasteiger partial charge in [0.25, 0.3) is 5.82 Å². The van der Waals surface area contributed by atoms with Crippen molar-refractivity contribution in [3.8, 4) is 0 Å². The first-order valence-corrected chi connectivity index (χ1v) is 6.32. The van der Waals surface area contributed by atoms with Crippen molar-refractivity contribution in [1.82, 2.24) is 19.8 Å². The van der Waals surface area contributed by atoms with E-state index in [9.17, 15) is 22.0 Å². The molecule has 0 aliphatic heterocycles. The van der Waals surface area contributed by atoms with Gasteiger partial charge in [0, 0.05) is 12.1 Å². The second kappa shape index (κ2) is 5.45. The van der Waals surface area contributed by atoms with Gasteiger partial charge in [0.2, 0.25) is 0 Å². The van der Waals surface area contributed by atoms with Crippen LogP contribution in [0.15, 0.2) is 30.3 Å². The Hall–Kier alpha value is -2.78.